The summed E-state index contributed by atoms with van der Waals surface area (Å²) in [4.78, 5) is 27.6. The highest BCUT2D eigenvalue weighted by Crippen LogP contribution is 2.45. The number of rotatable bonds is 9. The Kier molecular flexibility index (Phi) is 14.5. The van der Waals surface area contributed by atoms with Crippen LogP contribution < -0.4 is 0 Å². The van der Waals surface area contributed by atoms with Gasteiger partial charge >= 0.3 is 0 Å². The maximum atomic E-state index is 13.8. The molecular formula is C50H54Cl4N4O2. The number of hydrogen-bond acceptors (Lipinski definition) is 6. The van der Waals surface area contributed by atoms with Crippen LogP contribution in [0.25, 0.3) is 11.1 Å². The van der Waals surface area contributed by atoms with Crippen molar-refractivity contribution < 1.29 is 9.59 Å². The number of nitrogens with zero attached hydrogens (tertiary/aromatic N) is 4. The second-order valence-corrected chi connectivity index (χ2v) is 19.3. The molecule has 0 aromatic heterocycles. The first-order chi connectivity index (χ1) is 29.2. The minimum atomic E-state index is 0.236. The van der Waals surface area contributed by atoms with E-state index in [4.69, 9.17) is 46.4 Å². The van der Waals surface area contributed by atoms with Gasteiger partial charge in [-0.1, -0.05) is 123 Å². The molecule has 0 saturated heterocycles. The summed E-state index contributed by atoms with van der Waals surface area (Å²) in [6.45, 7) is 0. The molecule has 6 nitrogen and oxygen atoms in total. The largest absolute Gasteiger partial charge is 0.289 e. The molecule has 8 rings (SSSR count). The molecule has 2 aromatic rings. The molecule has 0 unspecified atom stereocenters. The molecule has 0 bridgehead atoms. The van der Waals surface area contributed by atoms with Gasteiger partial charge in [-0.15, -0.1) is 10.2 Å². The maximum absolute atomic E-state index is 13.8. The van der Waals surface area contributed by atoms with Crippen molar-refractivity contribution in [1.82, 2.24) is 0 Å². The zero-order valence-corrected chi connectivity index (χ0v) is 37.4. The normalized spacial score (nSPS) is 22.0. The van der Waals surface area contributed by atoms with Gasteiger partial charge in [0.2, 0.25) is 0 Å². The molecule has 6 aliphatic carbocycles. The van der Waals surface area contributed by atoms with Crippen molar-refractivity contribution in [3.8, 4) is 11.1 Å². The molecule has 60 heavy (non-hydrogen) atoms. The lowest BCUT2D eigenvalue weighted by Crippen LogP contribution is -2.25. The van der Waals surface area contributed by atoms with Gasteiger partial charge in [-0.25, -0.2) is 0 Å². The van der Waals surface area contributed by atoms with Crippen LogP contribution in [0, 0.1) is 23.7 Å². The van der Waals surface area contributed by atoms with Gasteiger partial charge in [0, 0.05) is 33.4 Å². The zero-order chi connectivity index (χ0) is 41.6. The molecule has 0 N–H and O–H groups in total. The van der Waals surface area contributed by atoms with E-state index in [0.717, 1.165) is 84.8 Å². The highest BCUT2D eigenvalue weighted by Gasteiger charge is 2.33. The number of azo groups is 2. The predicted octanol–water partition coefficient (Wildman–Crippen LogP) is 17.1. The van der Waals surface area contributed by atoms with Crippen LogP contribution in [0.1, 0.15) is 128 Å². The van der Waals surface area contributed by atoms with E-state index in [-0.39, 0.29) is 11.6 Å². The zero-order valence-electron chi connectivity index (χ0n) is 34.3. The smallest absolute Gasteiger partial charge is 0.185 e. The number of halogens is 4. The van der Waals surface area contributed by atoms with Crippen molar-refractivity contribution in [2.75, 3.05) is 0 Å². The minimum Gasteiger partial charge on any atom is -0.289 e. The topological polar surface area (TPSA) is 83.6 Å². The first-order valence-electron chi connectivity index (χ1n) is 22.4. The number of carbonyl (C=O) groups excluding carboxylic acids is 2. The number of Topliss-reactive ketones (excluding diaryl/α,β-unsaturated/α-hetero) is 2. The van der Waals surface area contributed by atoms with Crippen molar-refractivity contribution in [1.29, 1.82) is 0 Å². The number of carbonyl (C=O) groups is 2. The standard InChI is InChI=1S/C50H54Cl4N4O2/c51-43-27-47(57-55-29-31-21-37(33-13-5-1-6-14-33)49(59)38(22-31)34-15-7-2-8-16-34)45(53)25-41(43)42-26-46(54)48(28-44(42)52)58-56-30-32-23-39(35-17-9-3-10-18-35)50(60)40(24-32)36-19-11-4-12-20-36/h21-30,33-36H,1-20H2. The molecule has 4 fully saturated rings. The Morgan fingerprint density at radius 1 is 0.400 bits per heavy atom. The summed E-state index contributed by atoms with van der Waals surface area (Å²) >= 11 is 27.3. The van der Waals surface area contributed by atoms with Crippen molar-refractivity contribution in [2.24, 2.45) is 44.1 Å². The fourth-order valence-corrected chi connectivity index (χ4v) is 11.3. The number of allylic oxidation sites excluding steroid dienone is 10. The summed E-state index contributed by atoms with van der Waals surface area (Å²) in [5.74, 6) is 1.68. The summed E-state index contributed by atoms with van der Waals surface area (Å²) in [5.41, 5.74) is 7.54. The molecule has 2 aromatic carbocycles. The van der Waals surface area contributed by atoms with Crippen LogP contribution in [-0.4, -0.2) is 11.6 Å². The number of benzene rings is 2. The average molecular weight is 885 g/mol. The quantitative estimate of drug-likeness (QED) is 0.235. The Hall–Kier alpha value is -3.42. The van der Waals surface area contributed by atoms with Gasteiger partial charge in [0.1, 0.15) is 11.4 Å². The molecule has 0 radical (unpaired) electrons. The molecule has 314 valence electrons. The summed E-state index contributed by atoms with van der Waals surface area (Å²) in [7, 11) is 0. The van der Waals surface area contributed by atoms with Crippen LogP contribution in [0.3, 0.4) is 0 Å². The van der Waals surface area contributed by atoms with Crippen LogP contribution in [-0.2, 0) is 9.59 Å². The van der Waals surface area contributed by atoms with Crippen molar-refractivity contribution in [3.63, 3.8) is 0 Å². The van der Waals surface area contributed by atoms with Gasteiger partial charge in [-0.2, -0.15) is 10.2 Å². The van der Waals surface area contributed by atoms with E-state index in [1.165, 1.54) is 77.0 Å². The Morgan fingerprint density at radius 3 is 0.967 bits per heavy atom. The van der Waals surface area contributed by atoms with Crippen LogP contribution in [0.4, 0.5) is 11.4 Å². The minimum absolute atomic E-state index is 0.236. The molecule has 0 amide bonds. The second kappa shape index (κ2) is 20.2. The third kappa shape index (κ3) is 10.1. The molecule has 10 heteroatoms. The molecular weight excluding hydrogens is 830 g/mol. The van der Waals surface area contributed by atoms with Crippen molar-refractivity contribution >= 4 is 69.3 Å². The van der Waals surface area contributed by atoms with E-state index in [0.29, 0.717) is 66.3 Å². The average Bonchev–Trinajstić information content (AvgIpc) is 3.28. The molecule has 6 aliphatic rings. The molecule has 0 heterocycles. The first-order valence-corrected chi connectivity index (χ1v) is 23.9. The predicted molar refractivity (Wildman–Crippen MR) is 246 cm³/mol. The summed E-state index contributed by atoms with van der Waals surface area (Å²) in [6.07, 6.45) is 34.3. The fraction of sp³-hybridized carbons (Fsp3) is 0.480. The van der Waals surface area contributed by atoms with Gasteiger partial charge in [0.05, 0.1) is 32.5 Å². The molecule has 0 spiro atoms. The van der Waals surface area contributed by atoms with Gasteiger partial charge in [0.25, 0.3) is 0 Å². The first kappa shape index (κ1) is 43.2. The van der Waals surface area contributed by atoms with Crippen molar-refractivity contribution in [3.05, 3.63) is 114 Å². The SMILES string of the molecule is O=C1C(C2CCCCC2)=CC(=CN=Nc2cc(Cl)c(-c3cc(Cl)c(N=NC=C4C=C(C5CCCCC5)C(=O)C(C5CCCCC5)=C4)cc3Cl)cc2Cl)C=C1C1CCCCC1. The van der Waals surface area contributed by atoms with Crippen LogP contribution >= 0.6 is 46.4 Å². The Morgan fingerprint density at radius 2 is 0.683 bits per heavy atom. The maximum Gasteiger partial charge on any atom is 0.185 e. The van der Waals surface area contributed by atoms with E-state index in [9.17, 15) is 9.59 Å². The molecule has 0 aliphatic heterocycles. The third-order valence-corrected chi connectivity index (χ3v) is 14.9. The van der Waals surface area contributed by atoms with E-state index in [1.54, 1.807) is 36.7 Å². The van der Waals surface area contributed by atoms with Crippen LogP contribution in [0.5, 0.6) is 0 Å². The third-order valence-electron chi connectivity index (χ3n) is 13.6. The Labute approximate surface area is 375 Å². The second-order valence-electron chi connectivity index (χ2n) is 17.7. The van der Waals surface area contributed by atoms with Crippen molar-refractivity contribution in [2.45, 2.75) is 128 Å². The van der Waals surface area contributed by atoms with Crippen LogP contribution in [0.2, 0.25) is 20.1 Å². The molecule has 0 atom stereocenters. The summed E-state index contributed by atoms with van der Waals surface area (Å²) in [5, 5.41) is 19.2. The van der Waals surface area contributed by atoms with E-state index in [1.807, 2.05) is 24.3 Å². The Bertz CT molecular complexity index is 2000. The number of ketones is 2. The fourth-order valence-electron chi connectivity index (χ4n) is 10.4. The lowest BCUT2D eigenvalue weighted by atomic mass is 9.73. The highest BCUT2D eigenvalue weighted by atomic mass is 35.5. The van der Waals surface area contributed by atoms with E-state index < -0.39 is 0 Å². The summed E-state index contributed by atoms with van der Waals surface area (Å²) in [6, 6.07) is 6.77. The van der Waals surface area contributed by atoms with Gasteiger partial charge in [-0.05, 0) is 135 Å². The van der Waals surface area contributed by atoms with Crippen LogP contribution in [0.15, 0.2) is 115 Å². The monoisotopic (exact) mass is 882 g/mol. The lowest BCUT2D eigenvalue weighted by molar-refractivity contribution is -0.114. The van der Waals surface area contributed by atoms with E-state index >= 15 is 0 Å². The van der Waals surface area contributed by atoms with Gasteiger partial charge in [-0.3, -0.25) is 9.59 Å². The summed E-state index contributed by atoms with van der Waals surface area (Å²) < 4.78 is 0. The highest BCUT2D eigenvalue weighted by molar-refractivity contribution is 6.40. The number of hydrogen-bond donors (Lipinski definition) is 0. The molecule has 4 saturated carbocycles. The van der Waals surface area contributed by atoms with E-state index in [2.05, 4.69) is 20.5 Å². The lowest BCUT2D eigenvalue weighted by Gasteiger charge is -2.30. The Balaban J connectivity index is 1.01. The van der Waals surface area contributed by atoms with Gasteiger partial charge < -0.3 is 0 Å². The van der Waals surface area contributed by atoms with Gasteiger partial charge in [0.15, 0.2) is 11.6 Å².